The van der Waals surface area contributed by atoms with Crippen LogP contribution in [0.1, 0.15) is 26.5 Å². The number of anilines is 1. The van der Waals surface area contributed by atoms with E-state index < -0.39 is 0 Å². The molecule has 1 aromatic heterocycles. The van der Waals surface area contributed by atoms with Gasteiger partial charge in [0.05, 0.1) is 11.8 Å². The van der Waals surface area contributed by atoms with E-state index >= 15 is 0 Å². The van der Waals surface area contributed by atoms with Gasteiger partial charge in [0.25, 0.3) is 0 Å². The minimum atomic E-state index is 0.0627. The van der Waals surface area contributed by atoms with E-state index in [9.17, 15) is 0 Å². The number of ether oxygens (including phenoxy) is 1. The molecule has 4 heteroatoms. The number of pyridine rings is 1. The van der Waals surface area contributed by atoms with Gasteiger partial charge in [0.1, 0.15) is 6.07 Å². The minimum absolute atomic E-state index is 0.0627. The molecule has 1 rings (SSSR count). The number of nitriles is 1. The Morgan fingerprint density at radius 2 is 2.07 bits per heavy atom. The van der Waals surface area contributed by atoms with Crippen molar-refractivity contribution in [3.8, 4) is 11.9 Å². The van der Waals surface area contributed by atoms with Crippen molar-refractivity contribution in [1.29, 1.82) is 5.26 Å². The quantitative estimate of drug-likeness (QED) is 0.818. The third-order valence-electron chi connectivity index (χ3n) is 2.25. The molecule has 0 spiro atoms. The van der Waals surface area contributed by atoms with Gasteiger partial charge in [-0.2, -0.15) is 5.26 Å². The zero-order valence-electron chi connectivity index (χ0n) is 9.19. The summed E-state index contributed by atoms with van der Waals surface area (Å²) in [5.74, 6) is 0.844. The predicted molar refractivity (Wildman–Crippen MR) is 58.3 cm³/mol. The smallest absolute Gasteiger partial charge is 0.214 e. The molecule has 0 saturated carbocycles. The van der Waals surface area contributed by atoms with Gasteiger partial charge in [-0.1, -0.05) is 13.8 Å². The lowest BCUT2D eigenvalue weighted by Gasteiger charge is -2.17. The van der Waals surface area contributed by atoms with Gasteiger partial charge < -0.3 is 10.5 Å². The first-order chi connectivity index (χ1) is 7.04. The Balaban J connectivity index is 2.84. The monoisotopic (exact) mass is 205 g/mol. The Morgan fingerprint density at radius 1 is 1.40 bits per heavy atom. The van der Waals surface area contributed by atoms with Crippen LogP contribution in [-0.2, 0) is 0 Å². The average Bonchev–Trinajstić information content (AvgIpc) is 2.20. The van der Waals surface area contributed by atoms with E-state index in [1.807, 2.05) is 13.0 Å². The van der Waals surface area contributed by atoms with E-state index in [-0.39, 0.29) is 11.8 Å². The highest BCUT2D eigenvalue weighted by Crippen LogP contribution is 2.17. The Labute approximate surface area is 89.7 Å². The lowest BCUT2D eigenvalue weighted by molar-refractivity contribution is 0.163. The van der Waals surface area contributed by atoms with Crippen molar-refractivity contribution in [3.05, 3.63) is 17.8 Å². The first-order valence-corrected chi connectivity index (χ1v) is 4.88. The van der Waals surface area contributed by atoms with Gasteiger partial charge in [-0.25, -0.2) is 4.98 Å². The highest BCUT2D eigenvalue weighted by atomic mass is 16.5. The van der Waals surface area contributed by atoms with Crippen molar-refractivity contribution >= 4 is 5.69 Å². The van der Waals surface area contributed by atoms with Gasteiger partial charge in [0, 0.05) is 6.07 Å². The number of nitrogens with zero attached hydrogens (tertiary/aromatic N) is 2. The maximum atomic E-state index is 8.74. The number of rotatable bonds is 3. The summed E-state index contributed by atoms with van der Waals surface area (Å²) in [6.45, 7) is 6.09. The summed E-state index contributed by atoms with van der Waals surface area (Å²) < 4.78 is 5.56. The fourth-order valence-electron chi connectivity index (χ4n) is 0.934. The van der Waals surface area contributed by atoms with Crippen LogP contribution in [0.5, 0.6) is 5.88 Å². The highest BCUT2D eigenvalue weighted by molar-refractivity contribution is 5.50. The van der Waals surface area contributed by atoms with Gasteiger partial charge in [0.2, 0.25) is 5.88 Å². The SMILES string of the molecule is CC(C)C(C)Oc1ccc(N)c(C#N)n1. The van der Waals surface area contributed by atoms with E-state index in [0.717, 1.165) is 0 Å². The third kappa shape index (κ3) is 2.84. The largest absolute Gasteiger partial charge is 0.474 e. The second-order valence-corrected chi connectivity index (χ2v) is 3.77. The standard InChI is InChI=1S/C11H15N3O/c1-7(2)8(3)15-11-5-4-9(13)10(6-12)14-11/h4-5,7-8H,13H2,1-3H3. The minimum Gasteiger partial charge on any atom is -0.474 e. The first-order valence-electron chi connectivity index (χ1n) is 4.88. The van der Waals surface area contributed by atoms with Gasteiger partial charge in [-0.15, -0.1) is 0 Å². The normalized spacial score (nSPS) is 12.2. The molecule has 1 heterocycles. The Hall–Kier alpha value is -1.76. The Bertz CT molecular complexity index is 382. The maximum Gasteiger partial charge on any atom is 0.214 e. The van der Waals surface area contributed by atoms with Crippen molar-refractivity contribution in [3.63, 3.8) is 0 Å². The van der Waals surface area contributed by atoms with Crippen LogP contribution in [0.4, 0.5) is 5.69 Å². The maximum absolute atomic E-state index is 8.74. The van der Waals surface area contributed by atoms with Crippen LogP contribution < -0.4 is 10.5 Å². The molecule has 1 unspecified atom stereocenters. The summed E-state index contributed by atoms with van der Waals surface area (Å²) in [6, 6.07) is 5.23. The van der Waals surface area contributed by atoms with Crippen LogP contribution >= 0.6 is 0 Å². The molecule has 0 aliphatic rings. The molecule has 0 aliphatic carbocycles. The average molecular weight is 205 g/mol. The molecule has 15 heavy (non-hydrogen) atoms. The fraction of sp³-hybridized carbons (Fsp3) is 0.455. The summed E-state index contributed by atoms with van der Waals surface area (Å²) >= 11 is 0. The van der Waals surface area contributed by atoms with E-state index in [4.69, 9.17) is 15.7 Å². The molecule has 0 bridgehead atoms. The van der Waals surface area contributed by atoms with Crippen LogP contribution in [-0.4, -0.2) is 11.1 Å². The molecule has 0 aromatic carbocycles. The molecule has 1 aromatic rings. The molecule has 0 amide bonds. The highest BCUT2D eigenvalue weighted by Gasteiger charge is 2.10. The number of nitrogen functional groups attached to an aromatic ring is 1. The second-order valence-electron chi connectivity index (χ2n) is 3.77. The molecule has 0 radical (unpaired) electrons. The van der Waals surface area contributed by atoms with Crippen molar-refractivity contribution in [1.82, 2.24) is 4.98 Å². The summed E-state index contributed by atoms with van der Waals surface area (Å²) in [5.41, 5.74) is 6.14. The number of hydrogen-bond acceptors (Lipinski definition) is 4. The molecular weight excluding hydrogens is 190 g/mol. The number of hydrogen-bond donors (Lipinski definition) is 1. The van der Waals surface area contributed by atoms with E-state index in [1.54, 1.807) is 12.1 Å². The van der Waals surface area contributed by atoms with Crippen molar-refractivity contribution in [2.45, 2.75) is 26.9 Å². The zero-order chi connectivity index (χ0) is 11.4. The van der Waals surface area contributed by atoms with Crippen LogP contribution in [0.2, 0.25) is 0 Å². The zero-order valence-corrected chi connectivity index (χ0v) is 9.19. The molecule has 0 fully saturated rings. The van der Waals surface area contributed by atoms with Crippen LogP contribution in [0.3, 0.4) is 0 Å². The topological polar surface area (TPSA) is 71.9 Å². The molecule has 4 nitrogen and oxygen atoms in total. The third-order valence-corrected chi connectivity index (χ3v) is 2.25. The van der Waals surface area contributed by atoms with Crippen LogP contribution in [0.15, 0.2) is 12.1 Å². The fourth-order valence-corrected chi connectivity index (χ4v) is 0.934. The van der Waals surface area contributed by atoms with E-state index in [2.05, 4.69) is 18.8 Å². The first kappa shape index (κ1) is 11.3. The van der Waals surface area contributed by atoms with E-state index in [1.165, 1.54) is 0 Å². The van der Waals surface area contributed by atoms with Gasteiger partial charge in [-0.3, -0.25) is 0 Å². The van der Waals surface area contributed by atoms with Crippen molar-refractivity contribution in [2.24, 2.45) is 5.92 Å². The summed E-state index contributed by atoms with van der Waals surface area (Å²) in [4.78, 5) is 4.00. The predicted octanol–water partition coefficient (Wildman–Crippen LogP) is 1.96. The molecule has 1 atom stereocenters. The molecule has 0 aliphatic heterocycles. The van der Waals surface area contributed by atoms with Crippen molar-refractivity contribution in [2.75, 3.05) is 5.73 Å². The van der Waals surface area contributed by atoms with Gasteiger partial charge in [-0.05, 0) is 18.9 Å². The Morgan fingerprint density at radius 3 is 2.60 bits per heavy atom. The molecule has 0 saturated heterocycles. The summed E-state index contributed by atoms with van der Waals surface area (Å²) in [7, 11) is 0. The summed E-state index contributed by atoms with van der Waals surface area (Å²) in [6.07, 6.45) is 0.0627. The summed E-state index contributed by atoms with van der Waals surface area (Å²) in [5, 5.41) is 8.74. The lowest BCUT2D eigenvalue weighted by Crippen LogP contribution is -2.19. The van der Waals surface area contributed by atoms with Gasteiger partial charge >= 0.3 is 0 Å². The molecular formula is C11H15N3O. The van der Waals surface area contributed by atoms with E-state index in [0.29, 0.717) is 17.5 Å². The van der Waals surface area contributed by atoms with Crippen LogP contribution in [0, 0.1) is 17.2 Å². The van der Waals surface area contributed by atoms with Gasteiger partial charge in [0.15, 0.2) is 5.69 Å². The molecule has 80 valence electrons. The van der Waals surface area contributed by atoms with Crippen LogP contribution in [0.25, 0.3) is 0 Å². The molecule has 2 N–H and O–H groups in total. The number of nitrogens with two attached hydrogens (primary N) is 1. The number of aromatic nitrogens is 1. The van der Waals surface area contributed by atoms with Crippen molar-refractivity contribution < 1.29 is 4.74 Å². The second kappa shape index (κ2) is 4.65. The Kier molecular flexibility index (Phi) is 3.51. The lowest BCUT2D eigenvalue weighted by atomic mass is 10.1.